The van der Waals surface area contributed by atoms with Crippen molar-refractivity contribution in [3.8, 4) is 0 Å². The van der Waals surface area contributed by atoms with Gasteiger partial charge < -0.3 is 5.32 Å². The van der Waals surface area contributed by atoms with Gasteiger partial charge in [0, 0.05) is 10.5 Å². The van der Waals surface area contributed by atoms with Crippen LogP contribution >= 0.6 is 15.9 Å². The largest absolute Gasteiger partial charge is 0.314 e. The molecule has 0 aromatic heterocycles. The lowest BCUT2D eigenvalue weighted by atomic mass is 9.88. The summed E-state index contributed by atoms with van der Waals surface area (Å²) < 4.78 is 1.17. The first-order valence-corrected chi connectivity index (χ1v) is 7.05. The SMILES string of the molecule is CCC1CCNC(Cc2ccc(Br)cc2)C1. The minimum absolute atomic E-state index is 0.680. The van der Waals surface area contributed by atoms with Crippen LogP contribution in [-0.4, -0.2) is 12.6 Å². The Morgan fingerprint density at radius 2 is 2.06 bits per heavy atom. The molecule has 0 saturated carbocycles. The Labute approximate surface area is 107 Å². The van der Waals surface area contributed by atoms with Gasteiger partial charge in [0.15, 0.2) is 0 Å². The van der Waals surface area contributed by atoms with E-state index in [1.807, 2.05) is 0 Å². The second-order valence-corrected chi connectivity index (χ2v) is 5.70. The van der Waals surface area contributed by atoms with E-state index in [1.165, 1.54) is 42.3 Å². The Balaban J connectivity index is 1.91. The van der Waals surface area contributed by atoms with Gasteiger partial charge in [-0.05, 0) is 49.4 Å². The Bertz CT molecular complexity index is 320. The molecule has 1 aliphatic rings. The van der Waals surface area contributed by atoms with Crippen LogP contribution in [-0.2, 0) is 6.42 Å². The van der Waals surface area contributed by atoms with Crippen LogP contribution in [0.15, 0.2) is 28.7 Å². The van der Waals surface area contributed by atoms with E-state index in [1.54, 1.807) is 0 Å². The van der Waals surface area contributed by atoms with E-state index >= 15 is 0 Å². The van der Waals surface area contributed by atoms with Crippen molar-refractivity contribution in [3.63, 3.8) is 0 Å². The van der Waals surface area contributed by atoms with Crippen molar-refractivity contribution in [1.29, 1.82) is 0 Å². The average molecular weight is 282 g/mol. The van der Waals surface area contributed by atoms with E-state index in [0.717, 1.165) is 5.92 Å². The maximum Gasteiger partial charge on any atom is 0.0175 e. The first-order chi connectivity index (χ1) is 7.78. The highest BCUT2D eigenvalue weighted by molar-refractivity contribution is 9.10. The van der Waals surface area contributed by atoms with Crippen molar-refractivity contribution >= 4 is 15.9 Å². The minimum atomic E-state index is 0.680. The molecule has 2 rings (SSSR count). The maximum atomic E-state index is 3.63. The molecule has 1 fully saturated rings. The molecule has 1 aromatic carbocycles. The first-order valence-electron chi connectivity index (χ1n) is 6.25. The molecule has 16 heavy (non-hydrogen) atoms. The summed E-state index contributed by atoms with van der Waals surface area (Å²) in [5.41, 5.74) is 1.44. The molecule has 0 amide bonds. The van der Waals surface area contributed by atoms with Crippen molar-refractivity contribution in [2.24, 2.45) is 5.92 Å². The number of piperidine rings is 1. The van der Waals surface area contributed by atoms with E-state index < -0.39 is 0 Å². The molecule has 0 bridgehead atoms. The third kappa shape index (κ3) is 3.33. The van der Waals surface area contributed by atoms with Crippen LogP contribution in [0.5, 0.6) is 0 Å². The summed E-state index contributed by atoms with van der Waals surface area (Å²) in [5, 5.41) is 3.63. The number of halogens is 1. The Kier molecular flexibility index (Phi) is 4.42. The zero-order valence-corrected chi connectivity index (χ0v) is 11.5. The van der Waals surface area contributed by atoms with Gasteiger partial charge in [-0.15, -0.1) is 0 Å². The summed E-state index contributed by atoms with van der Waals surface area (Å²) in [4.78, 5) is 0. The van der Waals surface area contributed by atoms with Gasteiger partial charge in [-0.2, -0.15) is 0 Å². The summed E-state index contributed by atoms with van der Waals surface area (Å²) >= 11 is 3.48. The van der Waals surface area contributed by atoms with Crippen LogP contribution in [0, 0.1) is 5.92 Å². The predicted octanol–water partition coefficient (Wildman–Crippen LogP) is 3.77. The molecule has 1 saturated heterocycles. The average Bonchev–Trinajstić information content (AvgIpc) is 2.32. The van der Waals surface area contributed by atoms with Gasteiger partial charge >= 0.3 is 0 Å². The maximum absolute atomic E-state index is 3.63. The molecule has 2 unspecified atom stereocenters. The second-order valence-electron chi connectivity index (χ2n) is 4.78. The van der Waals surface area contributed by atoms with Gasteiger partial charge in [0.1, 0.15) is 0 Å². The molecule has 1 aliphatic heterocycles. The summed E-state index contributed by atoms with van der Waals surface area (Å²) in [6.07, 6.45) is 5.20. The molecule has 1 heterocycles. The number of nitrogens with one attached hydrogen (secondary N) is 1. The highest BCUT2D eigenvalue weighted by Crippen LogP contribution is 2.22. The van der Waals surface area contributed by atoms with Crippen molar-refractivity contribution < 1.29 is 0 Å². The predicted molar refractivity (Wildman–Crippen MR) is 72.7 cm³/mol. The van der Waals surface area contributed by atoms with Crippen molar-refractivity contribution in [2.75, 3.05) is 6.54 Å². The number of hydrogen-bond donors (Lipinski definition) is 1. The van der Waals surface area contributed by atoms with E-state index in [4.69, 9.17) is 0 Å². The van der Waals surface area contributed by atoms with E-state index in [9.17, 15) is 0 Å². The number of benzene rings is 1. The first kappa shape index (κ1) is 12.1. The third-order valence-corrected chi connectivity index (χ3v) is 4.10. The van der Waals surface area contributed by atoms with Crippen molar-refractivity contribution in [3.05, 3.63) is 34.3 Å². The molecule has 2 atom stereocenters. The fraction of sp³-hybridized carbons (Fsp3) is 0.571. The molecule has 0 radical (unpaired) electrons. The summed E-state index contributed by atoms with van der Waals surface area (Å²) in [6, 6.07) is 9.40. The molecular weight excluding hydrogens is 262 g/mol. The van der Waals surface area contributed by atoms with Crippen LogP contribution in [0.3, 0.4) is 0 Å². The normalized spacial score (nSPS) is 25.6. The summed E-state index contributed by atoms with van der Waals surface area (Å²) in [7, 11) is 0. The smallest absolute Gasteiger partial charge is 0.0175 e. The zero-order valence-electron chi connectivity index (χ0n) is 9.88. The van der Waals surface area contributed by atoms with E-state index in [2.05, 4.69) is 52.4 Å². The van der Waals surface area contributed by atoms with Crippen LogP contribution in [0.2, 0.25) is 0 Å². The molecule has 0 aliphatic carbocycles. The summed E-state index contributed by atoms with van der Waals surface area (Å²) in [5.74, 6) is 0.932. The minimum Gasteiger partial charge on any atom is -0.314 e. The number of hydrogen-bond acceptors (Lipinski definition) is 1. The lowest BCUT2D eigenvalue weighted by Crippen LogP contribution is -2.39. The van der Waals surface area contributed by atoms with Crippen LogP contribution < -0.4 is 5.32 Å². The topological polar surface area (TPSA) is 12.0 Å². The molecule has 1 aromatic rings. The van der Waals surface area contributed by atoms with Crippen molar-refractivity contribution in [2.45, 2.75) is 38.6 Å². The zero-order chi connectivity index (χ0) is 11.4. The lowest BCUT2D eigenvalue weighted by molar-refractivity contribution is 0.294. The standard InChI is InChI=1S/C14H20BrN/c1-2-11-7-8-16-14(9-11)10-12-3-5-13(15)6-4-12/h3-6,11,14,16H,2,7-10H2,1H3. The Hall–Kier alpha value is -0.340. The highest BCUT2D eigenvalue weighted by Gasteiger charge is 2.19. The Morgan fingerprint density at radius 1 is 1.31 bits per heavy atom. The summed E-state index contributed by atoms with van der Waals surface area (Å²) in [6.45, 7) is 3.51. The van der Waals surface area contributed by atoms with Gasteiger partial charge in [-0.3, -0.25) is 0 Å². The molecule has 2 heteroatoms. The molecule has 88 valence electrons. The second kappa shape index (κ2) is 5.83. The molecule has 1 N–H and O–H groups in total. The molecule has 1 nitrogen and oxygen atoms in total. The highest BCUT2D eigenvalue weighted by atomic mass is 79.9. The fourth-order valence-electron chi connectivity index (χ4n) is 2.53. The third-order valence-electron chi connectivity index (χ3n) is 3.58. The van der Waals surface area contributed by atoms with Crippen LogP contribution in [0.25, 0.3) is 0 Å². The van der Waals surface area contributed by atoms with Crippen LogP contribution in [0.1, 0.15) is 31.7 Å². The van der Waals surface area contributed by atoms with Gasteiger partial charge in [-0.1, -0.05) is 41.4 Å². The van der Waals surface area contributed by atoms with Gasteiger partial charge in [-0.25, -0.2) is 0 Å². The lowest BCUT2D eigenvalue weighted by Gasteiger charge is -2.29. The van der Waals surface area contributed by atoms with Crippen molar-refractivity contribution in [1.82, 2.24) is 5.32 Å². The fourth-order valence-corrected chi connectivity index (χ4v) is 2.79. The van der Waals surface area contributed by atoms with E-state index in [0.29, 0.717) is 6.04 Å². The molecule has 0 spiro atoms. The Morgan fingerprint density at radius 3 is 2.75 bits per heavy atom. The van der Waals surface area contributed by atoms with Gasteiger partial charge in [0.05, 0.1) is 0 Å². The monoisotopic (exact) mass is 281 g/mol. The van der Waals surface area contributed by atoms with Gasteiger partial charge in [0.25, 0.3) is 0 Å². The van der Waals surface area contributed by atoms with Crippen LogP contribution in [0.4, 0.5) is 0 Å². The molecular formula is C14H20BrN. The number of rotatable bonds is 3. The van der Waals surface area contributed by atoms with E-state index in [-0.39, 0.29) is 0 Å². The quantitative estimate of drug-likeness (QED) is 0.890. The van der Waals surface area contributed by atoms with Gasteiger partial charge in [0.2, 0.25) is 0 Å².